The highest BCUT2D eigenvalue weighted by molar-refractivity contribution is 7.87. The van der Waals surface area contributed by atoms with Crippen LogP contribution in [0.2, 0.25) is 0 Å². The summed E-state index contributed by atoms with van der Waals surface area (Å²) in [5.74, 6) is -0.227. The number of carboxylic acids is 1. The summed E-state index contributed by atoms with van der Waals surface area (Å²) >= 11 is 0. The van der Waals surface area contributed by atoms with Crippen LogP contribution in [0.1, 0.15) is 31.4 Å². The van der Waals surface area contributed by atoms with E-state index in [2.05, 4.69) is 4.57 Å². The van der Waals surface area contributed by atoms with Gasteiger partial charge in [0, 0.05) is 23.6 Å². The second-order valence-electron chi connectivity index (χ2n) is 9.25. The molecule has 0 amide bonds. The van der Waals surface area contributed by atoms with Crippen molar-refractivity contribution in [2.24, 2.45) is 0 Å². The maximum Gasteiger partial charge on any atom is 0.347 e. The zero-order valence-corrected chi connectivity index (χ0v) is 21.3. The molecule has 0 unspecified atom stereocenters. The topological polar surface area (TPSA) is 94.8 Å². The molecule has 0 radical (unpaired) electrons. The number of carboxylic acid groups (broad SMARTS) is 1. The summed E-state index contributed by atoms with van der Waals surface area (Å²) in [6.07, 6.45) is 3.62. The Balaban J connectivity index is 1.40. The molecule has 0 aliphatic rings. The Bertz CT molecular complexity index is 1490. The molecule has 7 nitrogen and oxygen atoms in total. The van der Waals surface area contributed by atoms with Crippen LogP contribution in [0.3, 0.4) is 0 Å². The first-order chi connectivity index (χ1) is 17.0. The predicted octanol–water partition coefficient (Wildman–Crippen LogP) is 5.59. The highest BCUT2D eigenvalue weighted by atomic mass is 32.2. The molecule has 8 heteroatoms. The molecule has 0 saturated heterocycles. The van der Waals surface area contributed by atoms with Gasteiger partial charge in [0.05, 0.1) is 0 Å². The molecule has 0 aliphatic heterocycles. The maximum absolute atomic E-state index is 12.6. The molecule has 0 atom stereocenters. The van der Waals surface area contributed by atoms with Gasteiger partial charge in [-0.25, -0.2) is 4.79 Å². The molecule has 4 aromatic rings. The van der Waals surface area contributed by atoms with Crippen molar-refractivity contribution >= 4 is 27.0 Å². The van der Waals surface area contributed by atoms with Crippen molar-refractivity contribution in [2.75, 3.05) is 0 Å². The first-order valence-electron chi connectivity index (χ1n) is 11.6. The summed E-state index contributed by atoms with van der Waals surface area (Å²) in [5.41, 5.74) is 1.71. The van der Waals surface area contributed by atoms with E-state index in [0.29, 0.717) is 5.75 Å². The van der Waals surface area contributed by atoms with E-state index in [1.165, 1.54) is 26.0 Å². The number of benzene rings is 3. The minimum atomic E-state index is -3.91. The number of rotatable bonds is 10. The highest BCUT2D eigenvalue weighted by Crippen LogP contribution is 2.26. The normalized spacial score (nSPS) is 12.0. The van der Waals surface area contributed by atoms with E-state index in [1.54, 1.807) is 30.3 Å². The van der Waals surface area contributed by atoms with E-state index in [-0.39, 0.29) is 10.6 Å². The van der Waals surface area contributed by atoms with E-state index in [1.807, 2.05) is 43.5 Å². The molecular weight excluding hydrogens is 478 g/mol. The number of nitrogens with zero attached hydrogens (tertiary/aromatic N) is 1. The fraction of sp³-hybridized carbons (Fsp3) is 0.250. The van der Waals surface area contributed by atoms with Crippen molar-refractivity contribution in [3.63, 3.8) is 0 Å². The van der Waals surface area contributed by atoms with E-state index >= 15 is 0 Å². The van der Waals surface area contributed by atoms with Gasteiger partial charge in [0.15, 0.2) is 5.60 Å². The summed E-state index contributed by atoms with van der Waals surface area (Å²) in [5, 5.41) is 10.2. The molecule has 1 heterocycles. The molecular formula is C28H29NO6S. The first kappa shape index (κ1) is 25.3. The van der Waals surface area contributed by atoms with Crippen molar-refractivity contribution in [1.29, 1.82) is 0 Å². The maximum atomic E-state index is 12.6. The molecule has 3 aromatic carbocycles. The fourth-order valence-corrected chi connectivity index (χ4v) is 4.78. The lowest BCUT2D eigenvalue weighted by Gasteiger charge is -2.21. The van der Waals surface area contributed by atoms with Crippen LogP contribution in [0.15, 0.2) is 83.9 Å². The molecule has 188 valence electrons. The van der Waals surface area contributed by atoms with Gasteiger partial charge < -0.3 is 18.6 Å². The lowest BCUT2D eigenvalue weighted by Crippen LogP contribution is -2.37. The van der Waals surface area contributed by atoms with E-state index in [0.717, 1.165) is 41.4 Å². The summed E-state index contributed by atoms with van der Waals surface area (Å²) in [6.45, 7) is 5.70. The van der Waals surface area contributed by atoms with Crippen LogP contribution in [0, 0.1) is 6.92 Å². The second kappa shape index (κ2) is 10.1. The second-order valence-corrected chi connectivity index (χ2v) is 10.8. The molecule has 0 fully saturated rings. The Morgan fingerprint density at radius 2 is 1.72 bits per heavy atom. The van der Waals surface area contributed by atoms with Crippen LogP contribution < -0.4 is 8.92 Å². The summed E-state index contributed by atoms with van der Waals surface area (Å²) < 4.78 is 38.3. The van der Waals surface area contributed by atoms with Crippen molar-refractivity contribution in [3.8, 4) is 11.5 Å². The summed E-state index contributed by atoms with van der Waals surface area (Å²) in [4.78, 5) is 11.4. The van der Waals surface area contributed by atoms with Gasteiger partial charge in [-0.05, 0) is 87.7 Å². The van der Waals surface area contributed by atoms with E-state index in [4.69, 9.17) is 8.92 Å². The van der Waals surface area contributed by atoms with Crippen molar-refractivity contribution in [1.82, 2.24) is 4.57 Å². The fourth-order valence-electron chi connectivity index (χ4n) is 3.86. The molecule has 36 heavy (non-hydrogen) atoms. The van der Waals surface area contributed by atoms with Crippen LogP contribution in [0.5, 0.6) is 11.5 Å². The lowest BCUT2D eigenvalue weighted by atomic mass is 10.1. The van der Waals surface area contributed by atoms with Gasteiger partial charge in [0.1, 0.15) is 16.4 Å². The number of fused-ring (bicyclic) bond motifs is 1. The lowest BCUT2D eigenvalue weighted by molar-refractivity contribution is -0.152. The van der Waals surface area contributed by atoms with Gasteiger partial charge in [-0.15, -0.1) is 0 Å². The monoisotopic (exact) mass is 507 g/mol. The zero-order valence-electron chi connectivity index (χ0n) is 20.5. The third kappa shape index (κ3) is 5.88. The Morgan fingerprint density at radius 1 is 0.972 bits per heavy atom. The SMILES string of the molecule is Cc1ccc(S(=O)(=O)Oc2ccc3c(ccn3CCCc3cccc(OC(C)(C)C(=O)O)c3)c2)cc1. The summed E-state index contributed by atoms with van der Waals surface area (Å²) in [6, 6.07) is 21.2. The van der Waals surface area contributed by atoms with Gasteiger partial charge in [-0.2, -0.15) is 8.42 Å². The third-order valence-electron chi connectivity index (χ3n) is 5.91. The quantitative estimate of drug-likeness (QED) is 0.281. The van der Waals surface area contributed by atoms with E-state index in [9.17, 15) is 18.3 Å². The van der Waals surface area contributed by atoms with Crippen LogP contribution in [0.25, 0.3) is 10.9 Å². The molecule has 1 N–H and O–H groups in total. The molecule has 0 aliphatic carbocycles. The molecule has 0 spiro atoms. The standard InChI is InChI=1S/C28H29NO6S/c1-20-9-12-25(13-10-20)36(32,33)35-24-11-14-26-22(19-24)15-17-29(26)16-5-7-21-6-4-8-23(18-21)34-28(2,3)27(30)31/h4,6,8-15,17-19H,5,7,16H2,1-3H3,(H,30,31). The number of aryl methyl sites for hydroxylation is 3. The number of aliphatic carboxylic acids is 1. The van der Waals surface area contributed by atoms with Crippen LogP contribution >= 0.6 is 0 Å². The molecule has 4 rings (SSSR count). The van der Waals surface area contributed by atoms with Crippen LogP contribution in [-0.4, -0.2) is 29.7 Å². The van der Waals surface area contributed by atoms with E-state index < -0.39 is 21.7 Å². The Morgan fingerprint density at radius 3 is 2.44 bits per heavy atom. The van der Waals surface area contributed by atoms with Gasteiger partial charge in [-0.3, -0.25) is 0 Å². The van der Waals surface area contributed by atoms with Crippen molar-refractivity contribution < 1.29 is 27.2 Å². The largest absolute Gasteiger partial charge is 0.478 e. The number of hydrogen-bond donors (Lipinski definition) is 1. The minimum absolute atomic E-state index is 0.117. The molecule has 1 aromatic heterocycles. The number of carbonyl (C=O) groups is 1. The van der Waals surface area contributed by atoms with Gasteiger partial charge >= 0.3 is 16.1 Å². The van der Waals surface area contributed by atoms with Crippen molar-refractivity contribution in [3.05, 3.63) is 90.1 Å². The van der Waals surface area contributed by atoms with Crippen LogP contribution in [-0.2, 0) is 27.9 Å². The minimum Gasteiger partial charge on any atom is -0.478 e. The number of aromatic nitrogens is 1. The van der Waals surface area contributed by atoms with Gasteiger partial charge in [0.25, 0.3) is 0 Å². The number of hydrogen-bond acceptors (Lipinski definition) is 5. The Hall–Kier alpha value is -3.78. The zero-order chi connectivity index (χ0) is 25.9. The van der Waals surface area contributed by atoms with Crippen LogP contribution in [0.4, 0.5) is 0 Å². The number of ether oxygens (including phenoxy) is 1. The first-order valence-corrected chi connectivity index (χ1v) is 13.1. The highest BCUT2D eigenvalue weighted by Gasteiger charge is 2.29. The molecule has 0 bridgehead atoms. The molecule has 0 saturated carbocycles. The Kier molecular flexibility index (Phi) is 7.08. The average molecular weight is 508 g/mol. The summed E-state index contributed by atoms with van der Waals surface area (Å²) in [7, 11) is -3.91. The third-order valence-corrected chi connectivity index (χ3v) is 7.17. The van der Waals surface area contributed by atoms with Gasteiger partial charge in [0.2, 0.25) is 0 Å². The average Bonchev–Trinajstić information content (AvgIpc) is 3.21. The predicted molar refractivity (Wildman–Crippen MR) is 138 cm³/mol. The van der Waals surface area contributed by atoms with Gasteiger partial charge in [-0.1, -0.05) is 29.8 Å². The van der Waals surface area contributed by atoms with Crippen molar-refractivity contribution in [2.45, 2.75) is 50.7 Å². The Labute approximate surface area is 211 Å². The smallest absolute Gasteiger partial charge is 0.347 e.